The molecular weight excluding hydrogens is 186 g/mol. The molecule has 0 amide bonds. The Hall–Kier alpha value is -1.20. The van der Waals surface area contributed by atoms with E-state index in [-0.39, 0.29) is 6.04 Å². The predicted octanol–water partition coefficient (Wildman–Crippen LogP) is 1.49. The fraction of sp³-hybridized carbons (Fsp3) is 0.250. The van der Waals surface area contributed by atoms with Crippen LogP contribution >= 0.6 is 11.3 Å². The molecule has 0 spiro atoms. The molecule has 13 heavy (non-hydrogen) atoms. The first-order valence-corrected chi connectivity index (χ1v) is 4.74. The van der Waals surface area contributed by atoms with E-state index in [4.69, 9.17) is 10.3 Å². The molecule has 4 nitrogen and oxygen atoms in total. The first-order valence-electron chi connectivity index (χ1n) is 3.86. The van der Waals surface area contributed by atoms with Crippen molar-refractivity contribution < 1.29 is 4.52 Å². The molecule has 0 saturated heterocycles. The molecule has 1 atom stereocenters. The molecule has 2 N–H and O–H groups in total. The molecule has 0 aliphatic rings. The van der Waals surface area contributed by atoms with Crippen LogP contribution < -0.4 is 5.73 Å². The molecule has 2 aromatic rings. The minimum Gasteiger partial charge on any atom is -0.340 e. The van der Waals surface area contributed by atoms with Gasteiger partial charge < -0.3 is 10.3 Å². The molecular formula is C8H9N3OS. The average molecular weight is 195 g/mol. The van der Waals surface area contributed by atoms with Gasteiger partial charge >= 0.3 is 0 Å². The van der Waals surface area contributed by atoms with E-state index in [1.807, 2.05) is 17.5 Å². The highest BCUT2D eigenvalue weighted by atomic mass is 32.1. The number of hydrogen-bond donors (Lipinski definition) is 1. The lowest BCUT2D eigenvalue weighted by Crippen LogP contribution is -2.11. The number of rotatable bonds is 2. The molecule has 0 aromatic carbocycles. The molecule has 0 saturated carbocycles. The maximum atomic E-state index is 5.90. The van der Waals surface area contributed by atoms with Crippen molar-refractivity contribution in [3.05, 3.63) is 34.1 Å². The van der Waals surface area contributed by atoms with Crippen molar-refractivity contribution in [2.75, 3.05) is 0 Å². The van der Waals surface area contributed by atoms with Crippen LogP contribution in [-0.4, -0.2) is 10.1 Å². The molecule has 0 aliphatic heterocycles. The first kappa shape index (κ1) is 8.40. The van der Waals surface area contributed by atoms with Gasteiger partial charge in [-0.15, -0.1) is 11.3 Å². The summed E-state index contributed by atoms with van der Waals surface area (Å²) in [5.74, 6) is 1.09. The standard InChI is InChI=1S/C8H9N3OS/c1-5-10-8(11-12-5)7(9)6-3-2-4-13-6/h2-4,7H,9H2,1H3. The first-order chi connectivity index (χ1) is 6.27. The van der Waals surface area contributed by atoms with Crippen LogP contribution in [0.1, 0.15) is 22.6 Å². The van der Waals surface area contributed by atoms with Crippen molar-refractivity contribution >= 4 is 11.3 Å². The van der Waals surface area contributed by atoms with Gasteiger partial charge in [-0.3, -0.25) is 0 Å². The average Bonchev–Trinajstić information content (AvgIpc) is 2.72. The second-order valence-electron chi connectivity index (χ2n) is 2.66. The summed E-state index contributed by atoms with van der Waals surface area (Å²) in [6.07, 6.45) is 0. The molecule has 68 valence electrons. The zero-order valence-electron chi connectivity index (χ0n) is 7.10. The zero-order chi connectivity index (χ0) is 9.26. The van der Waals surface area contributed by atoms with Crippen LogP contribution in [0.4, 0.5) is 0 Å². The lowest BCUT2D eigenvalue weighted by molar-refractivity contribution is 0.385. The van der Waals surface area contributed by atoms with Gasteiger partial charge in [0, 0.05) is 11.8 Å². The number of nitrogens with zero attached hydrogens (tertiary/aromatic N) is 2. The quantitative estimate of drug-likeness (QED) is 0.788. The van der Waals surface area contributed by atoms with Crippen molar-refractivity contribution in [1.82, 2.24) is 10.1 Å². The van der Waals surface area contributed by atoms with Gasteiger partial charge in [-0.05, 0) is 11.4 Å². The molecule has 0 bridgehead atoms. The summed E-state index contributed by atoms with van der Waals surface area (Å²) < 4.78 is 4.85. The van der Waals surface area contributed by atoms with E-state index in [0.717, 1.165) is 4.88 Å². The minimum atomic E-state index is -0.266. The maximum Gasteiger partial charge on any atom is 0.223 e. The third-order valence-electron chi connectivity index (χ3n) is 1.67. The molecule has 0 fully saturated rings. The van der Waals surface area contributed by atoms with Crippen LogP contribution in [0.25, 0.3) is 0 Å². The van der Waals surface area contributed by atoms with Gasteiger partial charge in [0.15, 0.2) is 5.82 Å². The van der Waals surface area contributed by atoms with Crippen LogP contribution in [0.5, 0.6) is 0 Å². The largest absolute Gasteiger partial charge is 0.340 e. The van der Waals surface area contributed by atoms with Gasteiger partial charge in [0.25, 0.3) is 0 Å². The second kappa shape index (κ2) is 3.27. The lowest BCUT2D eigenvalue weighted by atomic mass is 10.2. The Morgan fingerprint density at radius 1 is 1.62 bits per heavy atom. The summed E-state index contributed by atoms with van der Waals surface area (Å²) in [4.78, 5) is 5.11. The fourth-order valence-corrected chi connectivity index (χ4v) is 1.76. The summed E-state index contributed by atoms with van der Waals surface area (Å²) >= 11 is 1.59. The van der Waals surface area contributed by atoms with Gasteiger partial charge in [0.1, 0.15) is 6.04 Å². The van der Waals surface area contributed by atoms with Crippen LogP contribution in [0, 0.1) is 6.92 Å². The Labute approximate surface area is 79.4 Å². The topological polar surface area (TPSA) is 64.9 Å². The Morgan fingerprint density at radius 3 is 3.00 bits per heavy atom. The smallest absolute Gasteiger partial charge is 0.223 e. The summed E-state index contributed by atoms with van der Waals surface area (Å²) in [6, 6.07) is 3.64. The van der Waals surface area contributed by atoms with E-state index in [1.165, 1.54) is 0 Å². The third kappa shape index (κ3) is 1.61. The van der Waals surface area contributed by atoms with Crippen molar-refractivity contribution in [2.45, 2.75) is 13.0 Å². The molecule has 0 radical (unpaired) electrons. The molecule has 2 rings (SSSR count). The molecule has 5 heteroatoms. The number of aryl methyl sites for hydroxylation is 1. The van der Waals surface area contributed by atoms with Crippen LogP contribution in [0.15, 0.2) is 22.0 Å². The Bertz CT molecular complexity index is 382. The highest BCUT2D eigenvalue weighted by Crippen LogP contribution is 2.21. The van der Waals surface area contributed by atoms with E-state index in [1.54, 1.807) is 18.3 Å². The van der Waals surface area contributed by atoms with E-state index in [0.29, 0.717) is 11.7 Å². The van der Waals surface area contributed by atoms with E-state index >= 15 is 0 Å². The highest BCUT2D eigenvalue weighted by Gasteiger charge is 2.15. The maximum absolute atomic E-state index is 5.90. The van der Waals surface area contributed by atoms with Crippen molar-refractivity contribution in [2.24, 2.45) is 5.73 Å². The minimum absolute atomic E-state index is 0.266. The van der Waals surface area contributed by atoms with Gasteiger partial charge in [-0.1, -0.05) is 11.2 Å². The van der Waals surface area contributed by atoms with Gasteiger partial charge in [0.2, 0.25) is 5.89 Å². The summed E-state index contributed by atoms with van der Waals surface area (Å²) in [6.45, 7) is 1.75. The summed E-state index contributed by atoms with van der Waals surface area (Å²) in [7, 11) is 0. The van der Waals surface area contributed by atoms with Gasteiger partial charge in [-0.2, -0.15) is 4.98 Å². The van der Waals surface area contributed by atoms with Crippen LogP contribution in [0.2, 0.25) is 0 Å². The summed E-state index contributed by atoms with van der Waals surface area (Å²) in [5, 5.41) is 5.74. The highest BCUT2D eigenvalue weighted by molar-refractivity contribution is 7.10. The fourth-order valence-electron chi connectivity index (χ4n) is 1.04. The molecule has 2 heterocycles. The van der Waals surface area contributed by atoms with Crippen LogP contribution in [0.3, 0.4) is 0 Å². The van der Waals surface area contributed by atoms with Crippen molar-refractivity contribution in [1.29, 1.82) is 0 Å². The SMILES string of the molecule is Cc1nc(C(N)c2cccs2)no1. The molecule has 2 aromatic heterocycles. The molecule has 1 unspecified atom stereocenters. The van der Waals surface area contributed by atoms with E-state index in [9.17, 15) is 0 Å². The summed E-state index contributed by atoms with van der Waals surface area (Å²) in [5.41, 5.74) is 5.90. The number of nitrogens with two attached hydrogens (primary N) is 1. The number of aromatic nitrogens is 2. The Morgan fingerprint density at radius 2 is 2.46 bits per heavy atom. The molecule has 0 aliphatic carbocycles. The van der Waals surface area contributed by atoms with Crippen LogP contribution in [-0.2, 0) is 0 Å². The van der Waals surface area contributed by atoms with Crippen molar-refractivity contribution in [3.63, 3.8) is 0 Å². The Kier molecular flexibility index (Phi) is 2.12. The Balaban J connectivity index is 2.28. The van der Waals surface area contributed by atoms with Gasteiger partial charge in [0.05, 0.1) is 0 Å². The van der Waals surface area contributed by atoms with Crippen molar-refractivity contribution in [3.8, 4) is 0 Å². The third-order valence-corrected chi connectivity index (χ3v) is 2.63. The predicted molar refractivity (Wildman–Crippen MR) is 49.4 cm³/mol. The zero-order valence-corrected chi connectivity index (χ0v) is 7.91. The number of thiophene rings is 1. The van der Waals surface area contributed by atoms with E-state index < -0.39 is 0 Å². The monoisotopic (exact) mass is 195 g/mol. The normalized spacial score (nSPS) is 13.1. The van der Waals surface area contributed by atoms with Gasteiger partial charge in [-0.25, -0.2) is 0 Å². The second-order valence-corrected chi connectivity index (χ2v) is 3.64. The van der Waals surface area contributed by atoms with E-state index in [2.05, 4.69) is 10.1 Å². The lowest BCUT2D eigenvalue weighted by Gasteiger charge is -2.01. The number of hydrogen-bond acceptors (Lipinski definition) is 5.